The Morgan fingerprint density at radius 3 is 2.41 bits per heavy atom. The molecule has 0 aliphatic heterocycles. The first-order valence-electron chi connectivity index (χ1n) is 9.05. The Morgan fingerprint density at radius 2 is 1.78 bits per heavy atom. The number of anilines is 1. The smallest absolute Gasteiger partial charge is 0.251 e. The van der Waals surface area contributed by atoms with Gasteiger partial charge in [-0.25, -0.2) is 0 Å². The molecule has 27 heavy (non-hydrogen) atoms. The monoisotopic (exact) mass is 367 g/mol. The highest BCUT2D eigenvalue weighted by molar-refractivity contribution is 5.94. The Kier molecular flexibility index (Phi) is 7.67. The van der Waals surface area contributed by atoms with Gasteiger partial charge in [-0.05, 0) is 41.8 Å². The maximum Gasteiger partial charge on any atom is 0.251 e. The molecule has 0 fully saturated rings. The van der Waals surface area contributed by atoms with Crippen LogP contribution in [0.2, 0.25) is 0 Å². The molecule has 0 spiro atoms. The average Bonchev–Trinajstić information content (AvgIpc) is 2.70. The lowest BCUT2D eigenvalue weighted by atomic mass is 10.1. The van der Waals surface area contributed by atoms with E-state index >= 15 is 0 Å². The van der Waals surface area contributed by atoms with Crippen LogP contribution in [0.5, 0.6) is 0 Å². The zero-order valence-electron chi connectivity index (χ0n) is 16.5. The standard InChI is InChI=1S/C21H29N5O/c1-22-20(27)18-7-5-6-16(14-18)12-13-24-21(23-2)25-15-17-8-10-19(11-9-17)26(3)4/h5-11,14H,12-13,15H2,1-4H3,(H,22,27)(H2,23,24,25). The lowest BCUT2D eigenvalue weighted by Crippen LogP contribution is -2.37. The molecule has 144 valence electrons. The van der Waals surface area contributed by atoms with Crippen LogP contribution in [0.1, 0.15) is 21.5 Å². The third-order valence-corrected chi connectivity index (χ3v) is 4.26. The molecule has 0 radical (unpaired) electrons. The van der Waals surface area contributed by atoms with Crippen molar-refractivity contribution < 1.29 is 4.79 Å². The SMILES string of the molecule is CN=C(NCCc1cccc(C(=O)NC)c1)NCc1ccc(N(C)C)cc1. The Morgan fingerprint density at radius 1 is 1.04 bits per heavy atom. The summed E-state index contributed by atoms with van der Waals surface area (Å²) in [6, 6.07) is 16.1. The molecular formula is C21H29N5O. The highest BCUT2D eigenvalue weighted by atomic mass is 16.1. The third-order valence-electron chi connectivity index (χ3n) is 4.26. The van der Waals surface area contributed by atoms with Crippen LogP contribution in [0.4, 0.5) is 5.69 Å². The first-order valence-corrected chi connectivity index (χ1v) is 9.05. The van der Waals surface area contributed by atoms with Crippen molar-refractivity contribution >= 4 is 17.6 Å². The van der Waals surface area contributed by atoms with Gasteiger partial charge in [-0.2, -0.15) is 0 Å². The van der Waals surface area contributed by atoms with E-state index in [1.54, 1.807) is 14.1 Å². The molecule has 0 aliphatic carbocycles. The molecule has 0 saturated heterocycles. The zero-order chi connectivity index (χ0) is 19.6. The molecule has 1 amide bonds. The number of carbonyl (C=O) groups excluding carboxylic acids is 1. The molecule has 2 aromatic rings. The van der Waals surface area contributed by atoms with E-state index in [4.69, 9.17) is 0 Å². The van der Waals surface area contributed by atoms with E-state index in [0.29, 0.717) is 12.1 Å². The molecule has 2 rings (SSSR count). The van der Waals surface area contributed by atoms with Crippen molar-refractivity contribution in [1.82, 2.24) is 16.0 Å². The summed E-state index contributed by atoms with van der Waals surface area (Å²) in [4.78, 5) is 18.1. The van der Waals surface area contributed by atoms with Crippen molar-refractivity contribution in [2.45, 2.75) is 13.0 Å². The molecule has 0 aromatic heterocycles. The maximum atomic E-state index is 11.7. The van der Waals surface area contributed by atoms with Gasteiger partial charge in [0.15, 0.2) is 5.96 Å². The molecular weight excluding hydrogens is 338 g/mol. The minimum atomic E-state index is -0.0671. The van der Waals surface area contributed by atoms with E-state index in [0.717, 1.165) is 24.5 Å². The first kappa shape index (κ1) is 20.3. The molecule has 0 saturated carbocycles. The molecule has 6 nitrogen and oxygen atoms in total. The van der Waals surface area contributed by atoms with E-state index in [-0.39, 0.29) is 5.91 Å². The number of nitrogens with one attached hydrogen (secondary N) is 3. The van der Waals surface area contributed by atoms with E-state index in [2.05, 4.69) is 50.1 Å². The maximum absolute atomic E-state index is 11.7. The Labute approximate surface area is 161 Å². The molecule has 0 heterocycles. The van der Waals surface area contributed by atoms with Crippen LogP contribution in [0, 0.1) is 0 Å². The van der Waals surface area contributed by atoms with E-state index < -0.39 is 0 Å². The number of hydrogen-bond acceptors (Lipinski definition) is 3. The van der Waals surface area contributed by atoms with E-state index in [9.17, 15) is 4.79 Å². The number of carbonyl (C=O) groups is 1. The average molecular weight is 367 g/mol. The number of benzene rings is 2. The Hall–Kier alpha value is -3.02. The summed E-state index contributed by atoms with van der Waals surface area (Å²) in [5.41, 5.74) is 4.17. The predicted octanol–water partition coefficient (Wildman–Crippen LogP) is 2.02. The van der Waals surface area contributed by atoms with Gasteiger partial charge in [0.05, 0.1) is 0 Å². The highest BCUT2D eigenvalue weighted by Gasteiger charge is 2.04. The van der Waals surface area contributed by atoms with Crippen molar-refractivity contribution in [3.8, 4) is 0 Å². The summed E-state index contributed by atoms with van der Waals surface area (Å²) in [6.07, 6.45) is 0.809. The van der Waals surface area contributed by atoms with Gasteiger partial charge in [0.25, 0.3) is 5.91 Å². The van der Waals surface area contributed by atoms with Crippen LogP contribution < -0.4 is 20.9 Å². The summed E-state index contributed by atoms with van der Waals surface area (Å²) in [5.74, 6) is 0.691. The first-order chi connectivity index (χ1) is 13.0. The number of guanidine groups is 1. The summed E-state index contributed by atoms with van der Waals surface area (Å²) >= 11 is 0. The molecule has 2 aromatic carbocycles. The number of rotatable bonds is 7. The molecule has 0 bridgehead atoms. The number of aliphatic imine (C=N–C) groups is 1. The summed E-state index contributed by atoms with van der Waals surface area (Å²) in [7, 11) is 7.46. The predicted molar refractivity (Wildman–Crippen MR) is 113 cm³/mol. The van der Waals surface area contributed by atoms with Gasteiger partial charge in [-0.3, -0.25) is 9.79 Å². The van der Waals surface area contributed by atoms with Gasteiger partial charge in [-0.1, -0.05) is 24.3 Å². The second kappa shape index (κ2) is 10.2. The minimum absolute atomic E-state index is 0.0671. The normalized spacial score (nSPS) is 11.0. The van der Waals surface area contributed by atoms with Gasteiger partial charge in [0.1, 0.15) is 0 Å². The number of hydrogen-bond donors (Lipinski definition) is 3. The quantitative estimate of drug-likeness (QED) is 0.517. The van der Waals surface area contributed by atoms with Crippen molar-refractivity contribution in [2.75, 3.05) is 39.6 Å². The second-order valence-electron chi connectivity index (χ2n) is 6.44. The van der Waals surface area contributed by atoms with Crippen LogP contribution in [-0.4, -0.2) is 46.6 Å². The lowest BCUT2D eigenvalue weighted by Gasteiger charge is -2.14. The third kappa shape index (κ3) is 6.33. The fourth-order valence-electron chi connectivity index (χ4n) is 2.66. The van der Waals surface area contributed by atoms with Gasteiger partial charge in [-0.15, -0.1) is 0 Å². The molecule has 0 aliphatic rings. The number of amides is 1. The largest absolute Gasteiger partial charge is 0.378 e. The Bertz CT molecular complexity index is 768. The second-order valence-corrected chi connectivity index (χ2v) is 6.44. The van der Waals surface area contributed by atoms with Crippen LogP contribution in [-0.2, 0) is 13.0 Å². The summed E-state index contributed by atoms with van der Waals surface area (Å²) < 4.78 is 0. The van der Waals surface area contributed by atoms with Gasteiger partial charge in [0, 0.05) is 52.5 Å². The van der Waals surface area contributed by atoms with Crippen molar-refractivity contribution in [2.24, 2.45) is 4.99 Å². The van der Waals surface area contributed by atoms with Crippen LogP contribution in [0.25, 0.3) is 0 Å². The fourth-order valence-corrected chi connectivity index (χ4v) is 2.66. The van der Waals surface area contributed by atoms with Gasteiger partial charge >= 0.3 is 0 Å². The van der Waals surface area contributed by atoms with Crippen molar-refractivity contribution in [1.29, 1.82) is 0 Å². The van der Waals surface area contributed by atoms with Gasteiger partial charge < -0.3 is 20.9 Å². The lowest BCUT2D eigenvalue weighted by molar-refractivity contribution is 0.0963. The van der Waals surface area contributed by atoms with Crippen LogP contribution >= 0.6 is 0 Å². The van der Waals surface area contributed by atoms with Crippen LogP contribution in [0.15, 0.2) is 53.5 Å². The van der Waals surface area contributed by atoms with Gasteiger partial charge in [0.2, 0.25) is 0 Å². The molecule has 0 atom stereocenters. The van der Waals surface area contributed by atoms with Crippen LogP contribution in [0.3, 0.4) is 0 Å². The summed E-state index contributed by atoms with van der Waals surface area (Å²) in [6.45, 7) is 1.44. The highest BCUT2D eigenvalue weighted by Crippen LogP contribution is 2.12. The minimum Gasteiger partial charge on any atom is -0.378 e. The Balaban J connectivity index is 1.81. The van der Waals surface area contributed by atoms with Crippen molar-refractivity contribution in [3.05, 3.63) is 65.2 Å². The topological polar surface area (TPSA) is 68.8 Å². The molecule has 6 heteroatoms. The zero-order valence-corrected chi connectivity index (χ0v) is 16.5. The van der Waals surface area contributed by atoms with Crippen molar-refractivity contribution in [3.63, 3.8) is 0 Å². The summed E-state index contributed by atoms with van der Waals surface area (Å²) in [5, 5.41) is 9.28. The molecule has 3 N–H and O–H groups in total. The molecule has 0 unspecified atom stereocenters. The van der Waals surface area contributed by atoms with E-state index in [1.165, 1.54) is 11.3 Å². The fraction of sp³-hybridized carbons (Fsp3) is 0.333. The van der Waals surface area contributed by atoms with E-state index in [1.807, 2.05) is 38.4 Å². The number of nitrogens with zero attached hydrogens (tertiary/aromatic N) is 2.